The summed E-state index contributed by atoms with van der Waals surface area (Å²) in [5, 5.41) is 2.93. The second kappa shape index (κ2) is 7.61. The van der Waals surface area contributed by atoms with Crippen LogP contribution in [0.15, 0.2) is 54.6 Å². The number of amides is 1. The third-order valence-electron chi connectivity index (χ3n) is 3.65. The highest BCUT2D eigenvalue weighted by Crippen LogP contribution is 2.15. The zero-order valence-corrected chi connectivity index (χ0v) is 13.2. The lowest BCUT2D eigenvalue weighted by Crippen LogP contribution is -2.39. The van der Waals surface area contributed by atoms with Crippen molar-refractivity contribution in [2.24, 2.45) is 0 Å². The molecule has 0 heterocycles. The van der Waals surface area contributed by atoms with Crippen LogP contribution in [0.2, 0.25) is 0 Å². The molecule has 116 valence electrons. The maximum Gasteiger partial charge on any atom is 0.241 e. The van der Waals surface area contributed by atoms with E-state index in [-0.39, 0.29) is 11.9 Å². The topological polar surface area (TPSA) is 41.6 Å². The molecular formula is C18H22N2O2. The summed E-state index contributed by atoms with van der Waals surface area (Å²) in [5.41, 5.74) is 1.93. The lowest BCUT2D eigenvalue weighted by molar-refractivity contribution is -0.120. The van der Waals surface area contributed by atoms with Crippen LogP contribution in [-0.2, 0) is 11.3 Å². The van der Waals surface area contributed by atoms with Crippen LogP contribution in [0.1, 0.15) is 12.5 Å². The van der Waals surface area contributed by atoms with E-state index in [9.17, 15) is 4.79 Å². The van der Waals surface area contributed by atoms with Gasteiger partial charge in [-0.2, -0.15) is 0 Å². The van der Waals surface area contributed by atoms with Crippen molar-refractivity contribution < 1.29 is 9.53 Å². The fraction of sp³-hybridized carbons (Fsp3) is 0.278. The van der Waals surface area contributed by atoms with Gasteiger partial charge in [-0.1, -0.05) is 30.3 Å². The quantitative estimate of drug-likeness (QED) is 0.890. The van der Waals surface area contributed by atoms with Crippen molar-refractivity contribution in [3.8, 4) is 5.75 Å². The van der Waals surface area contributed by atoms with Crippen LogP contribution in [0, 0.1) is 0 Å². The first-order chi connectivity index (χ1) is 10.6. The highest BCUT2D eigenvalue weighted by Gasteiger charge is 2.18. The number of likely N-dealkylation sites (N-methyl/N-ethyl adjacent to an activating group) is 1. The number of benzene rings is 2. The van der Waals surface area contributed by atoms with Crippen molar-refractivity contribution >= 4 is 11.6 Å². The molecule has 2 rings (SSSR count). The van der Waals surface area contributed by atoms with Crippen molar-refractivity contribution in [3.05, 3.63) is 60.2 Å². The molecule has 0 aliphatic heterocycles. The van der Waals surface area contributed by atoms with E-state index in [2.05, 4.69) is 5.32 Å². The highest BCUT2D eigenvalue weighted by molar-refractivity contribution is 5.94. The average molecular weight is 298 g/mol. The van der Waals surface area contributed by atoms with E-state index in [1.165, 1.54) is 0 Å². The van der Waals surface area contributed by atoms with Gasteiger partial charge in [0.1, 0.15) is 5.75 Å². The number of nitrogens with zero attached hydrogens (tertiary/aromatic N) is 1. The fourth-order valence-corrected chi connectivity index (χ4v) is 2.16. The van der Waals surface area contributed by atoms with Gasteiger partial charge < -0.3 is 10.1 Å². The summed E-state index contributed by atoms with van der Waals surface area (Å²) in [6, 6.07) is 17.1. The Morgan fingerprint density at radius 2 is 1.91 bits per heavy atom. The van der Waals surface area contributed by atoms with Gasteiger partial charge in [0.15, 0.2) is 0 Å². The maximum atomic E-state index is 12.3. The Morgan fingerprint density at radius 3 is 2.59 bits per heavy atom. The Labute approximate surface area is 131 Å². The number of carbonyl (C=O) groups excluding carboxylic acids is 1. The van der Waals surface area contributed by atoms with E-state index in [4.69, 9.17) is 4.74 Å². The zero-order chi connectivity index (χ0) is 15.9. The summed E-state index contributed by atoms with van der Waals surface area (Å²) >= 11 is 0. The molecule has 0 aliphatic carbocycles. The van der Waals surface area contributed by atoms with Gasteiger partial charge in [-0.15, -0.1) is 0 Å². The van der Waals surface area contributed by atoms with Crippen molar-refractivity contribution in [2.45, 2.75) is 19.5 Å². The monoisotopic (exact) mass is 298 g/mol. The average Bonchev–Trinajstić information content (AvgIpc) is 2.55. The van der Waals surface area contributed by atoms with Crippen LogP contribution in [0.4, 0.5) is 5.69 Å². The molecule has 0 fully saturated rings. The lowest BCUT2D eigenvalue weighted by Gasteiger charge is -2.24. The van der Waals surface area contributed by atoms with Crippen molar-refractivity contribution in [1.29, 1.82) is 0 Å². The molecule has 1 atom stereocenters. The minimum atomic E-state index is -0.230. The van der Waals surface area contributed by atoms with Crippen LogP contribution in [0.3, 0.4) is 0 Å². The Balaban J connectivity index is 1.96. The molecule has 0 aromatic heterocycles. The number of para-hydroxylation sites is 1. The summed E-state index contributed by atoms with van der Waals surface area (Å²) in [7, 11) is 3.59. The number of rotatable bonds is 6. The van der Waals surface area contributed by atoms with E-state index in [1.54, 1.807) is 7.11 Å². The summed E-state index contributed by atoms with van der Waals surface area (Å²) in [5.74, 6) is 0.809. The highest BCUT2D eigenvalue weighted by atomic mass is 16.5. The second-order valence-corrected chi connectivity index (χ2v) is 5.30. The Hall–Kier alpha value is -2.33. The summed E-state index contributed by atoms with van der Waals surface area (Å²) in [6.45, 7) is 2.58. The Bertz CT molecular complexity index is 613. The molecule has 22 heavy (non-hydrogen) atoms. The van der Waals surface area contributed by atoms with E-state index >= 15 is 0 Å². The fourth-order valence-electron chi connectivity index (χ4n) is 2.16. The third-order valence-corrected chi connectivity index (χ3v) is 3.65. The molecular weight excluding hydrogens is 276 g/mol. The van der Waals surface area contributed by atoms with Crippen LogP contribution < -0.4 is 10.1 Å². The standard InChI is InChI=1S/C18H22N2O2/c1-14(18(21)19-16-9-5-4-6-10-16)20(2)13-15-8-7-11-17(12-15)22-3/h4-12,14H,13H2,1-3H3,(H,19,21). The molecule has 2 aromatic carbocycles. The van der Waals surface area contributed by atoms with Gasteiger partial charge in [-0.25, -0.2) is 0 Å². The molecule has 0 bridgehead atoms. The predicted octanol–water partition coefficient (Wildman–Crippen LogP) is 3.15. The van der Waals surface area contributed by atoms with Gasteiger partial charge in [0, 0.05) is 12.2 Å². The van der Waals surface area contributed by atoms with Crippen LogP contribution in [0.5, 0.6) is 5.75 Å². The summed E-state index contributed by atoms with van der Waals surface area (Å²) < 4.78 is 5.23. The number of hydrogen-bond donors (Lipinski definition) is 1. The number of carbonyl (C=O) groups is 1. The smallest absolute Gasteiger partial charge is 0.241 e. The molecule has 1 amide bonds. The normalized spacial score (nSPS) is 12.0. The molecule has 4 nitrogen and oxygen atoms in total. The van der Waals surface area contributed by atoms with Gasteiger partial charge >= 0.3 is 0 Å². The molecule has 2 aromatic rings. The minimum Gasteiger partial charge on any atom is -0.497 e. The number of nitrogens with one attached hydrogen (secondary N) is 1. The Kier molecular flexibility index (Phi) is 5.55. The molecule has 0 aliphatic rings. The van der Waals surface area contributed by atoms with E-state index in [0.717, 1.165) is 17.0 Å². The zero-order valence-electron chi connectivity index (χ0n) is 13.2. The number of methoxy groups -OCH3 is 1. The van der Waals surface area contributed by atoms with Crippen LogP contribution in [0.25, 0.3) is 0 Å². The first kappa shape index (κ1) is 16.0. The lowest BCUT2D eigenvalue weighted by atomic mass is 10.1. The molecule has 1 unspecified atom stereocenters. The minimum absolute atomic E-state index is 0.0170. The predicted molar refractivity (Wildman–Crippen MR) is 89.0 cm³/mol. The largest absolute Gasteiger partial charge is 0.497 e. The number of anilines is 1. The number of ether oxygens (including phenoxy) is 1. The van der Waals surface area contributed by atoms with Gasteiger partial charge in [0.2, 0.25) is 5.91 Å². The molecule has 0 spiro atoms. The SMILES string of the molecule is COc1cccc(CN(C)C(C)C(=O)Nc2ccccc2)c1. The molecule has 0 radical (unpaired) electrons. The van der Waals surface area contributed by atoms with E-state index in [1.807, 2.05) is 73.5 Å². The van der Waals surface area contributed by atoms with Gasteiger partial charge in [-0.05, 0) is 43.8 Å². The summed E-state index contributed by atoms with van der Waals surface area (Å²) in [4.78, 5) is 14.3. The van der Waals surface area contributed by atoms with Gasteiger partial charge in [-0.3, -0.25) is 9.69 Å². The molecule has 0 saturated carbocycles. The molecule has 1 N–H and O–H groups in total. The number of hydrogen-bond acceptors (Lipinski definition) is 3. The third kappa shape index (κ3) is 4.33. The van der Waals surface area contributed by atoms with Gasteiger partial charge in [0.05, 0.1) is 13.2 Å². The molecule has 4 heteroatoms. The van der Waals surface area contributed by atoms with Crippen molar-refractivity contribution in [3.63, 3.8) is 0 Å². The van der Waals surface area contributed by atoms with Crippen molar-refractivity contribution in [1.82, 2.24) is 4.90 Å². The van der Waals surface area contributed by atoms with E-state index in [0.29, 0.717) is 6.54 Å². The Morgan fingerprint density at radius 1 is 1.18 bits per heavy atom. The first-order valence-electron chi connectivity index (χ1n) is 7.29. The molecule has 0 saturated heterocycles. The van der Waals surface area contributed by atoms with Crippen LogP contribution >= 0.6 is 0 Å². The van der Waals surface area contributed by atoms with Crippen molar-refractivity contribution in [2.75, 3.05) is 19.5 Å². The second-order valence-electron chi connectivity index (χ2n) is 5.30. The van der Waals surface area contributed by atoms with Gasteiger partial charge in [0.25, 0.3) is 0 Å². The maximum absolute atomic E-state index is 12.3. The first-order valence-corrected chi connectivity index (χ1v) is 7.29. The van der Waals surface area contributed by atoms with E-state index < -0.39 is 0 Å². The summed E-state index contributed by atoms with van der Waals surface area (Å²) in [6.07, 6.45) is 0. The van der Waals surface area contributed by atoms with Crippen LogP contribution in [-0.4, -0.2) is 31.0 Å².